The molecule has 1 aromatic carbocycles. The number of benzene rings is 1. The highest BCUT2D eigenvalue weighted by Gasteiger charge is 2.31. The molecular weight excluding hydrogens is 465 g/mol. The van der Waals surface area contributed by atoms with Gasteiger partial charge in [-0.2, -0.15) is 22.0 Å². The molecule has 12 heteroatoms. The third-order valence-electron chi connectivity index (χ3n) is 5.36. The van der Waals surface area contributed by atoms with Crippen LogP contribution in [0, 0.1) is 0 Å². The van der Waals surface area contributed by atoms with E-state index in [-0.39, 0.29) is 17.6 Å². The third-order valence-corrected chi connectivity index (χ3v) is 6.06. The van der Waals surface area contributed by atoms with Gasteiger partial charge in [-0.25, -0.2) is 9.97 Å². The Kier molecular flexibility index (Phi) is 6.73. The Morgan fingerprint density at radius 1 is 1.06 bits per heavy atom. The fourth-order valence-electron chi connectivity index (χ4n) is 3.75. The summed E-state index contributed by atoms with van der Waals surface area (Å²) >= 11 is 0.295. The van der Waals surface area contributed by atoms with Crippen molar-refractivity contribution in [2.45, 2.75) is 30.1 Å². The van der Waals surface area contributed by atoms with E-state index < -0.39 is 17.5 Å². The number of carbonyl (C=O) groups is 1. The number of aromatic nitrogens is 3. The molecule has 4 rings (SSSR count). The first kappa shape index (κ1) is 23.3. The van der Waals surface area contributed by atoms with Crippen LogP contribution in [0.1, 0.15) is 12.0 Å². The van der Waals surface area contributed by atoms with E-state index >= 15 is 0 Å². The van der Waals surface area contributed by atoms with E-state index in [0.29, 0.717) is 61.2 Å². The number of imidazole rings is 1. The maximum absolute atomic E-state index is 13.0. The van der Waals surface area contributed by atoms with Gasteiger partial charge in [0.15, 0.2) is 5.16 Å². The average Bonchev–Trinajstić information content (AvgIpc) is 2.94. The minimum absolute atomic E-state index is 0.0740. The van der Waals surface area contributed by atoms with E-state index in [1.807, 2.05) is 4.90 Å². The number of carbonyl (C=O) groups excluding carboxylic acids is 1. The Morgan fingerprint density at radius 2 is 1.85 bits per heavy atom. The predicted molar refractivity (Wildman–Crippen MR) is 114 cm³/mol. The van der Waals surface area contributed by atoms with Crippen LogP contribution in [-0.4, -0.2) is 57.3 Å². The number of fused-ring (bicyclic) bond motifs is 1. The molecule has 1 amide bonds. The molecular formula is C21H20F5N5OS. The molecule has 1 aliphatic heterocycles. The number of pyridine rings is 1. The molecule has 176 valence electrons. The lowest BCUT2D eigenvalue weighted by atomic mass is 10.2. The zero-order valence-corrected chi connectivity index (χ0v) is 18.1. The van der Waals surface area contributed by atoms with Crippen LogP contribution in [-0.2, 0) is 17.5 Å². The number of hydrogen-bond donors (Lipinski definition) is 0. The van der Waals surface area contributed by atoms with Crippen molar-refractivity contribution < 1.29 is 26.7 Å². The lowest BCUT2D eigenvalue weighted by molar-refractivity contribution is -0.137. The van der Waals surface area contributed by atoms with E-state index in [1.54, 1.807) is 29.2 Å². The van der Waals surface area contributed by atoms with Gasteiger partial charge in [-0.1, -0.05) is 12.1 Å². The van der Waals surface area contributed by atoms with Crippen molar-refractivity contribution in [1.29, 1.82) is 0 Å². The smallest absolute Gasteiger partial charge is 0.355 e. The van der Waals surface area contributed by atoms with Gasteiger partial charge in [-0.05, 0) is 42.4 Å². The second-order valence-electron chi connectivity index (χ2n) is 7.47. The van der Waals surface area contributed by atoms with Crippen LogP contribution in [0.3, 0.4) is 0 Å². The average molecular weight is 485 g/mol. The molecule has 1 saturated heterocycles. The Bertz CT molecular complexity index is 1120. The summed E-state index contributed by atoms with van der Waals surface area (Å²) in [5, 5.41) is 0.0740. The molecule has 0 saturated carbocycles. The summed E-state index contributed by atoms with van der Waals surface area (Å²) in [4.78, 5) is 24.6. The molecule has 1 aliphatic rings. The summed E-state index contributed by atoms with van der Waals surface area (Å²) in [6.07, 6.45) is -3.06. The van der Waals surface area contributed by atoms with Crippen molar-refractivity contribution in [1.82, 2.24) is 19.4 Å². The van der Waals surface area contributed by atoms with Gasteiger partial charge in [0.2, 0.25) is 5.91 Å². The highest BCUT2D eigenvalue weighted by molar-refractivity contribution is 7.99. The van der Waals surface area contributed by atoms with Gasteiger partial charge in [-0.15, -0.1) is 0 Å². The van der Waals surface area contributed by atoms with E-state index in [9.17, 15) is 26.7 Å². The molecule has 2 aromatic heterocycles. The van der Waals surface area contributed by atoms with Crippen LogP contribution >= 0.6 is 11.8 Å². The fraction of sp³-hybridized carbons (Fsp3) is 0.381. The molecule has 0 spiro atoms. The number of hydrogen-bond acceptors (Lipinski definition) is 5. The molecule has 0 bridgehead atoms. The first-order chi connectivity index (χ1) is 15.7. The Labute approximate surface area is 190 Å². The van der Waals surface area contributed by atoms with Crippen molar-refractivity contribution in [2.75, 3.05) is 31.1 Å². The van der Waals surface area contributed by atoms with Crippen LogP contribution in [0.25, 0.3) is 11.0 Å². The van der Waals surface area contributed by atoms with Gasteiger partial charge >= 0.3 is 6.18 Å². The highest BCUT2D eigenvalue weighted by atomic mass is 32.2. The summed E-state index contributed by atoms with van der Waals surface area (Å²) in [5.41, 5.74) is 0.311. The van der Waals surface area contributed by atoms with Crippen LogP contribution in [0.5, 0.6) is 0 Å². The van der Waals surface area contributed by atoms with E-state index in [1.165, 1.54) is 10.6 Å². The molecule has 0 aliphatic carbocycles. The van der Waals surface area contributed by atoms with E-state index in [2.05, 4.69) is 9.97 Å². The van der Waals surface area contributed by atoms with Crippen LogP contribution < -0.4 is 4.90 Å². The van der Waals surface area contributed by atoms with Gasteiger partial charge < -0.3 is 14.4 Å². The third kappa shape index (κ3) is 5.37. The number of thioether (sulfide) groups is 1. The van der Waals surface area contributed by atoms with E-state index in [0.717, 1.165) is 12.3 Å². The summed E-state index contributed by atoms with van der Waals surface area (Å²) < 4.78 is 65.8. The Morgan fingerprint density at radius 3 is 2.55 bits per heavy atom. The number of para-hydroxylation sites is 2. The maximum atomic E-state index is 13.0. The number of nitrogens with zero attached hydrogens (tertiary/aromatic N) is 5. The molecule has 0 N–H and O–H groups in total. The first-order valence-corrected chi connectivity index (χ1v) is 11.1. The number of amides is 1. The summed E-state index contributed by atoms with van der Waals surface area (Å²) in [6.45, 7) is 1.58. The molecule has 3 aromatic rings. The van der Waals surface area contributed by atoms with Gasteiger partial charge in [0.1, 0.15) is 12.4 Å². The van der Waals surface area contributed by atoms with Crippen molar-refractivity contribution in [3.63, 3.8) is 0 Å². The topological polar surface area (TPSA) is 54.3 Å². The zero-order valence-electron chi connectivity index (χ0n) is 17.3. The van der Waals surface area contributed by atoms with Gasteiger partial charge in [0, 0.05) is 32.4 Å². The number of halogens is 5. The molecule has 0 unspecified atom stereocenters. The molecule has 0 atom stereocenters. The quantitative estimate of drug-likeness (QED) is 0.394. The molecule has 3 heterocycles. The maximum Gasteiger partial charge on any atom is 0.417 e. The van der Waals surface area contributed by atoms with Gasteiger partial charge in [-0.3, -0.25) is 4.79 Å². The van der Waals surface area contributed by atoms with Crippen LogP contribution in [0.2, 0.25) is 0 Å². The van der Waals surface area contributed by atoms with Gasteiger partial charge in [0.25, 0.3) is 5.76 Å². The van der Waals surface area contributed by atoms with E-state index in [4.69, 9.17) is 0 Å². The van der Waals surface area contributed by atoms with Crippen molar-refractivity contribution in [2.24, 2.45) is 0 Å². The lowest BCUT2D eigenvalue weighted by Crippen LogP contribution is -2.37. The summed E-state index contributed by atoms with van der Waals surface area (Å²) in [6, 6.07) is 9.24. The Balaban J connectivity index is 1.45. The Hall–Kier alpha value is -2.89. The summed E-state index contributed by atoms with van der Waals surface area (Å²) in [5.74, 6) is -2.50. The second kappa shape index (κ2) is 9.54. The predicted octanol–water partition coefficient (Wildman–Crippen LogP) is 4.50. The number of alkyl halides is 5. The molecule has 0 radical (unpaired) electrons. The monoisotopic (exact) mass is 485 g/mol. The van der Waals surface area contributed by atoms with Crippen molar-refractivity contribution >= 4 is 34.5 Å². The molecule has 33 heavy (non-hydrogen) atoms. The fourth-order valence-corrected chi connectivity index (χ4v) is 4.35. The minimum Gasteiger partial charge on any atom is -0.355 e. The largest absolute Gasteiger partial charge is 0.417 e. The first-order valence-electron chi connectivity index (χ1n) is 10.2. The highest BCUT2D eigenvalue weighted by Crippen LogP contribution is 2.30. The lowest BCUT2D eigenvalue weighted by Gasteiger charge is -2.23. The van der Waals surface area contributed by atoms with Crippen LogP contribution in [0.15, 0.2) is 47.8 Å². The number of anilines is 1. The number of rotatable bonds is 5. The normalized spacial score (nSPS) is 15.3. The second-order valence-corrected chi connectivity index (χ2v) is 8.43. The van der Waals surface area contributed by atoms with Crippen molar-refractivity contribution in [3.8, 4) is 0 Å². The minimum atomic E-state index is -4.45. The van der Waals surface area contributed by atoms with Crippen LogP contribution in [0.4, 0.5) is 27.8 Å². The molecule has 1 fully saturated rings. The SMILES string of the molecule is O=C(Cn1c(SC(F)F)nc2ccccc21)N1CCCN(c2ccc(C(F)(F)F)cn2)CC1. The molecule has 6 nitrogen and oxygen atoms in total. The summed E-state index contributed by atoms with van der Waals surface area (Å²) in [7, 11) is 0. The van der Waals surface area contributed by atoms with Crippen molar-refractivity contribution in [3.05, 3.63) is 48.2 Å². The van der Waals surface area contributed by atoms with Gasteiger partial charge in [0.05, 0.1) is 16.6 Å². The zero-order chi connectivity index (χ0) is 23.6. The standard InChI is InChI=1S/C21H20F5N5OS/c22-19(23)33-20-28-15-4-1-2-5-16(15)31(20)13-18(32)30-9-3-8-29(10-11-30)17-7-6-14(12-27-17)21(24,25)26/h1-2,4-7,12,19H,3,8-11,13H2.